The first-order chi connectivity index (χ1) is 7.58. The van der Waals surface area contributed by atoms with Gasteiger partial charge in [0.15, 0.2) is 0 Å². The normalized spacial score (nSPS) is 16.0. The molecule has 0 saturated carbocycles. The van der Waals surface area contributed by atoms with Gasteiger partial charge in [-0.3, -0.25) is 9.59 Å². The van der Waals surface area contributed by atoms with E-state index in [0.29, 0.717) is 6.54 Å². The topological polar surface area (TPSA) is 37.4 Å². The third-order valence-electron chi connectivity index (χ3n) is 2.51. The first-order valence-corrected chi connectivity index (χ1v) is 4.84. The summed E-state index contributed by atoms with van der Waals surface area (Å²) in [5, 5.41) is 0. The molecule has 0 spiro atoms. The number of hydrogen-bond donors (Lipinski definition) is 0. The second-order valence-corrected chi connectivity index (χ2v) is 3.64. The summed E-state index contributed by atoms with van der Waals surface area (Å²) in [6, 6.07) is 3.17. The maximum Gasteiger partial charge on any atom is 0.290 e. The maximum absolute atomic E-state index is 13.3. The predicted molar refractivity (Wildman–Crippen MR) is 51.4 cm³/mol. The predicted octanol–water partition coefficient (Wildman–Crippen LogP) is 1.27. The number of halogens is 2. The van der Waals surface area contributed by atoms with E-state index in [0.717, 1.165) is 12.1 Å². The van der Waals surface area contributed by atoms with Gasteiger partial charge in [0.25, 0.3) is 5.91 Å². The molecule has 16 heavy (non-hydrogen) atoms. The minimum atomic E-state index is -0.702. The van der Waals surface area contributed by atoms with Crippen LogP contribution in [0.25, 0.3) is 0 Å². The molecule has 0 radical (unpaired) electrons. The van der Waals surface area contributed by atoms with Crippen LogP contribution in [-0.2, 0) is 16.1 Å². The summed E-state index contributed by atoms with van der Waals surface area (Å²) < 4.78 is 25.9. The van der Waals surface area contributed by atoms with Crippen LogP contribution in [0.2, 0.25) is 0 Å². The van der Waals surface area contributed by atoms with E-state index in [1.165, 1.54) is 11.0 Å². The fraction of sp³-hybridized carbons (Fsp3) is 0.273. The number of hydrogen-bond acceptors (Lipinski definition) is 2. The summed E-state index contributed by atoms with van der Waals surface area (Å²) in [6.45, 7) is 0.311. The van der Waals surface area contributed by atoms with E-state index >= 15 is 0 Å². The third kappa shape index (κ3) is 1.93. The van der Waals surface area contributed by atoms with Crippen molar-refractivity contribution in [2.45, 2.75) is 13.0 Å². The van der Waals surface area contributed by atoms with Crippen molar-refractivity contribution in [2.75, 3.05) is 6.54 Å². The fourth-order valence-corrected chi connectivity index (χ4v) is 1.63. The van der Waals surface area contributed by atoms with Crippen LogP contribution in [0.15, 0.2) is 18.2 Å². The van der Waals surface area contributed by atoms with Crippen molar-refractivity contribution >= 4 is 11.7 Å². The standard InChI is InChI=1S/C11H9F2NO2/c12-8-2-1-7(9(13)5-8)6-14-4-3-10(15)11(14)16/h1-2,5H,3-4,6H2. The average molecular weight is 225 g/mol. The maximum atomic E-state index is 13.3. The summed E-state index contributed by atoms with van der Waals surface area (Å²) in [7, 11) is 0. The molecule has 1 amide bonds. The molecule has 5 heteroatoms. The molecule has 0 atom stereocenters. The minimum absolute atomic E-state index is 0.0106. The second-order valence-electron chi connectivity index (χ2n) is 3.64. The molecule has 1 aromatic carbocycles. The van der Waals surface area contributed by atoms with Gasteiger partial charge >= 0.3 is 0 Å². The molecule has 0 unspecified atom stereocenters. The Balaban J connectivity index is 2.15. The van der Waals surface area contributed by atoms with Crippen molar-refractivity contribution in [1.29, 1.82) is 0 Å². The lowest BCUT2D eigenvalue weighted by atomic mass is 10.2. The summed E-state index contributed by atoms with van der Waals surface area (Å²) in [5.74, 6) is -2.41. The molecule has 0 aromatic heterocycles. The Kier molecular flexibility index (Phi) is 2.68. The quantitative estimate of drug-likeness (QED) is 0.711. The zero-order valence-corrected chi connectivity index (χ0v) is 8.37. The number of nitrogens with zero attached hydrogens (tertiary/aromatic N) is 1. The van der Waals surface area contributed by atoms with Crippen molar-refractivity contribution in [3.05, 3.63) is 35.4 Å². The van der Waals surface area contributed by atoms with Crippen molar-refractivity contribution in [1.82, 2.24) is 4.90 Å². The SMILES string of the molecule is O=C1CCN(Cc2ccc(F)cc2F)C1=O. The Bertz CT molecular complexity index is 459. The molecule has 84 valence electrons. The Morgan fingerprint density at radius 3 is 2.56 bits per heavy atom. The van der Waals surface area contributed by atoms with Gasteiger partial charge in [0.05, 0.1) is 0 Å². The van der Waals surface area contributed by atoms with Crippen LogP contribution in [-0.4, -0.2) is 23.1 Å². The number of ketones is 1. The lowest BCUT2D eigenvalue weighted by Gasteiger charge is -2.14. The van der Waals surface area contributed by atoms with E-state index in [1.54, 1.807) is 0 Å². The van der Waals surface area contributed by atoms with Crippen molar-refractivity contribution in [3.8, 4) is 0 Å². The Morgan fingerprint density at radius 2 is 2.00 bits per heavy atom. The largest absolute Gasteiger partial charge is 0.331 e. The van der Waals surface area contributed by atoms with E-state index in [4.69, 9.17) is 0 Å². The van der Waals surface area contributed by atoms with Gasteiger partial charge in [0, 0.05) is 31.1 Å². The van der Waals surface area contributed by atoms with E-state index in [2.05, 4.69) is 0 Å². The number of carbonyl (C=O) groups excluding carboxylic acids is 2. The highest BCUT2D eigenvalue weighted by Gasteiger charge is 2.29. The van der Waals surface area contributed by atoms with Gasteiger partial charge in [-0.05, 0) is 6.07 Å². The number of Topliss-reactive ketones (excluding diaryl/α,β-unsaturated/α-hetero) is 1. The lowest BCUT2D eigenvalue weighted by molar-refractivity contribution is -0.140. The summed E-state index contributed by atoms with van der Waals surface area (Å²) in [6.07, 6.45) is 0.168. The molecule has 1 aliphatic heterocycles. The highest BCUT2D eigenvalue weighted by Crippen LogP contribution is 2.15. The Morgan fingerprint density at radius 1 is 1.25 bits per heavy atom. The zero-order valence-electron chi connectivity index (χ0n) is 8.37. The van der Waals surface area contributed by atoms with Crippen LogP contribution >= 0.6 is 0 Å². The number of amides is 1. The van der Waals surface area contributed by atoms with Gasteiger partial charge in [-0.15, -0.1) is 0 Å². The molecule has 1 heterocycles. The highest BCUT2D eigenvalue weighted by atomic mass is 19.1. The van der Waals surface area contributed by atoms with Gasteiger partial charge in [-0.25, -0.2) is 8.78 Å². The first-order valence-electron chi connectivity index (χ1n) is 4.84. The zero-order chi connectivity index (χ0) is 11.7. The van der Waals surface area contributed by atoms with Crippen LogP contribution in [0.4, 0.5) is 8.78 Å². The lowest BCUT2D eigenvalue weighted by Crippen LogP contribution is -2.27. The number of carbonyl (C=O) groups is 2. The highest BCUT2D eigenvalue weighted by molar-refractivity contribution is 6.37. The fourth-order valence-electron chi connectivity index (χ4n) is 1.63. The molecule has 0 aliphatic carbocycles. The molecule has 0 bridgehead atoms. The van der Waals surface area contributed by atoms with Gasteiger partial charge in [-0.1, -0.05) is 6.07 Å². The van der Waals surface area contributed by atoms with Gasteiger partial charge in [0.2, 0.25) is 5.78 Å². The smallest absolute Gasteiger partial charge is 0.290 e. The van der Waals surface area contributed by atoms with Crippen LogP contribution < -0.4 is 0 Å². The molecular weight excluding hydrogens is 216 g/mol. The Hall–Kier alpha value is -1.78. The molecule has 1 saturated heterocycles. The summed E-state index contributed by atoms with van der Waals surface area (Å²) >= 11 is 0. The van der Waals surface area contributed by atoms with Crippen LogP contribution in [0.3, 0.4) is 0 Å². The number of benzene rings is 1. The molecule has 0 N–H and O–H groups in total. The first kappa shape index (κ1) is 10.7. The summed E-state index contributed by atoms with van der Waals surface area (Å²) in [5.41, 5.74) is 0.212. The van der Waals surface area contributed by atoms with Gasteiger partial charge in [0.1, 0.15) is 11.6 Å². The Labute approximate surface area is 90.7 Å². The van der Waals surface area contributed by atoms with Crippen LogP contribution in [0, 0.1) is 11.6 Å². The van der Waals surface area contributed by atoms with E-state index < -0.39 is 23.3 Å². The molecule has 1 aliphatic rings. The molecule has 2 rings (SSSR count). The third-order valence-corrected chi connectivity index (χ3v) is 2.51. The molecular formula is C11H9F2NO2. The average Bonchev–Trinajstić information content (AvgIpc) is 2.54. The van der Waals surface area contributed by atoms with E-state index in [-0.39, 0.29) is 18.5 Å². The molecule has 1 fully saturated rings. The minimum Gasteiger partial charge on any atom is -0.331 e. The summed E-state index contributed by atoms with van der Waals surface area (Å²) in [4.78, 5) is 23.5. The molecule has 1 aromatic rings. The van der Waals surface area contributed by atoms with Crippen LogP contribution in [0.1, 0.15) is 12.0 Å². The van der Waals surface area contributed by atoms with Crippen molar-refractivity contribution in [3.63, 3.8) is 0 Å². The van der Waals surface area contributed by atoms with E-state index in [1.807, 2.05) is 0 Å². The number of likely N-dealkylation sites (tertiary alicyclic amines) is 1. The van der Waals surface area contributed by atoms with Gasteiger partial charge < -0.3 is 4.90 Å². The molecule has 3 nitrogen and oxygen atoms in total. The van der Waals surface area contributed by atoms with Crippen molar-refractivity contribution in [2.24, 2.45) is 0 Å². The number of rotatable bonds is 2. The van der Waals surface area contributed by atoms with Crippen LogP contribution in [0.5, 0.6) is 0 Å². The second kappa shape index (κ2) is 4.00. The van der Waals surface area contributed by atoms with Crippen molar-refractivity contribution < 1.29 is 18.4 Å². The monoisotopic (exact) mass is 225 g/mol. The van der Waals surface area contributed by atoms with Gasteiger partial charge in [-0.2, -0.15) is 0 Å². The van der Waals surface area contributed by atoms with E-state index in [9.17, 15) is 18.4 Å².